The lowest BCUT2D eigenvalue weighted by Crippen LogP contribution is -2.17. The number of aromatic nitrogens is 2. The molecule has 1 heterocycles. The Bertz CT molecular complexity index is 476. The number of halogens is 2. The van der Waals surface area contributed by atoms with Gasteiger partial charge in [0.25, 0.3) is 0 Å². The van der Waals surface area contributed by atoms with Crippen molar-refractivity contribution in [3.05, 3.63) is 46.3 Å². The summed E-state index contributed by atoms with van der Waals surface area (Å²) in [5, 5.41) is 6.93. The Morgan fingerprint density at radius 3 is 3.00 bits per heavy atom. The van der Waals surface area contributed by atoms with Gasteiger partial charge in [-0.25, -0.2) is 4.39 Å². The maximum absolute atomic E-state index is 12.8. The summed E-state index contributed by atoms with van der Waals surface area (Å²) in [7, 11) is 0. The summed E-state index contributed by atoms with van der Waals surface area (Å²) < 4.78 is 18.2. The van der Waals surface area contributed by atoms with E-state index in [1.807, 2.05) is 0 Å². The molecule has 2 aromatic rings. The van der Waals surface area contributed by atoms with E-state index in [1.54, 1.807) is 6.07 Å². The van der Waals surface area contributed by atoms with Crippen LogP contribution in [0, 0.1) is 5.82 Å². The Labute approximate surface area is 106 Å². The van der Waals surface area contributed by atoms with Crippen LogP contribution in [0.4, 0.5) is 4.39 Å². The summed E-state index contributed by atoms with van der Waals surface area (Å²) in [6, 6.07) is 4.65. The molecule has 1 aromatic carbocycles. The first-order chi connectivity index (χ1) is 8.25. The van der Waals surface area contributed by atoms with Crippen LogP contribution in [0.25, 0.3) is 0 Å². The zero-order valence-corrected chi connectivity index (χ0v) is 10.6. The minimum atomic E-state index is -0.243. The van der Waals surface area contributed by atoms with Crippen LogP contribution >= 0.6 is 15.9 Å². The third-order valence-electron chi connectivity index (χ3n) is 2.26. The van der Waals surface area contributed by atoms with Gasteiger partial charge in [-0.05, 0) is 17.7 Å². The van der Waals surface area contributed by atoms with Gasteiger partial charge in [-0.3, -0.25) is 0 Å². The first-order valence-corrected chi connectivity index (χ1v) is 5.95. The summed E-state index contributed by atoms with van der Waals surface area (Å²) in [6.45, 7) is 1.40. The standard InChI is InChI=1S/C11H11BrFN3O/c12-10-5-9(13)2-1-8(10)6-14-4-3-11-15-7-17-16-11/h1-2,5,7,14H,3-4,6H2. The first-order valence-electron chi connectivity index (χ1n) is 5.15. The third-order valence-corrected chi connectivity index (χ3v) is 3.00. The van der Waals surface area contributed by atoms with E-state index in [0.29, 0.717) is 18.8 Å². The largest absolute Gasteiger partial charge is 0.343 e. The number of hydrogen-bond acceptors (Lipinski definition) is 4. The van der Waals surface area contributed by atoms with Gasteiger partial charge in [0.2, 0.25) is 6.39 Å². The molecule has 0 saturated heterocycles. The molecule has 0 fully saturated rings. The molecular formula is C11H11BrFN3O. The molecule has 0 amide bonds. The van der Waals surface area contributed by atoms with Crippen LogP contribution in [0.2, 0.25) is 0 Å². The molecule has 0 aliphatic heterocycles. The van der Waals surface area contributed by atoms with Gasteiger partial charge in [0.15, 0.2) is 5.82 Å². The van der Waals surface area contributed by atoms with Crippen LogP contribution in [0.3, 0.4) is 0 Å². The predicted octanol–water partition coefficient (Wildman–Crippen LogP) is 2.30. The van der Waals surface area contributed by atoms with Crippen molar-refractivity contribution in [2.45, 2.75) is 13.0 Å². The highest BCUT2D eigenvalue weighted by Crippen LogP contribution is 2.17. The van der Waals surface area contributed by atoms with Gasteiger partial charge in [-0.1, -0.05) is 27.2 Å². The van der Waals surface area contributed by atoms with Crippen LogP contribution in [0.15, 0.2) is 33.6 Å². The topological polar surface area (TPSA) is 51.0 Å². The Hall–Kier alpha value is -1.27. The second kappa shape index (κ2) is 5.88. The van der Waals surface area contributed by atoms with E-state index in [9.17, 15) is 4.39 Å². The monoisotopic (exact) mass is 299 g/mol. The molecule has 0 radical (unpaired) electrons. The van der Waals surface area contributed by atoms with Crippen molar-refractivity contribution in [2.24, 2.45) is 0 Å². The molecule has 0 spiro atoms. The lowest BCUT2D eigenvalue weighted by atomic mass is 10.2. The highest BCUT2D eigenvalue weighted by Gasteiger charge is 2.02. The maximum atomic E-state index is 12.8. The Morgan fingerprint density at radius 2 is 2.29 bits per heavy atom. The smallest absolute Gasteiger partial charge is 0.213 e. The summed E-state index contributed by atoms with van der Waals surface area (Å²) in [5.41, 5.74) is 1.01. The fraction of sp³-hybridized carbons (Fsp3) is 0.273. The fourth-order valence-corrected chi connectivity index (χ4v) is 1.88. The molecular weight excluding hydrogens is 289 g/mol. The second-order valence-corrected chi connectivity index (χ2v) is 4.36. The van der Waals surface area contributed by atoms with E-state index in [1.165, 1.54) is 18.5 Å². The highest BCUT2D eigenvalue weighted by atomic mass is 79.9. The summed E-state index contributed by atoms with van der Waals surface area (Å²) >= 11 is 3.32. The molecule has 1 N–H and O–H groups in total. The number of nitrogens with one attached hydrogen (secondary N) is 1. The van der Waals surface area contributed by atoms with Crippen molar-refractivity contribution in [2.75, 3.05) is 6.54 Å². The van der Waals surface area contributed by atoms with Gasteiger partial charge in [0, 0.05) is 24.0 Å². The quantitative estimate of drug-likeness (QED) is 0.861. The molecule has 0 bridgehead atoms. The van der Waals surface area contributed by atoms with Gasteiger partial charge in [0.05, 0.1) is 0 Å². The van der Waals surface area contributed by atoms with Crippen molar-refractivity contribution in [1.29, 1.82) is 0 Å². The van der Waals surface area contributed by atoms with E-state index in [0.717, 1.165) is 16.6 Å². The summed E-state index contributed by atoms with van der Waals surface area (Å²) in [6.07, 6.45) is 2.02. The molecule has 0 saturated carbocycles. The van der Waals surface area contributed by atoms with Gasteiger partial charge in [-0.2, -0.15) is 4.98 Å². The SMILES string of the molecule is Fc1ccc(CNCCc2ncon2)c(Br)c1. The maximum Gasteiger partial charge on any atom is 0.213 e. The molecule has 6 heteroatoms. The van der Waals surface area contributed by atoms with Crippen molar-refractivity contribution >= 4 is 15.9 Å². The Kier molecular flexibility index (Phi) is 4.22. The third kappa shape index (κ3) is 3.61. The van der Waals surface area contributed by atoms with Crippen molar-refractivity contribution in [3.8, 4) is 0 Å². The van der Waals surface area contributed by atoms with E-state index in [4.69, 9.17) is 0 Å². The van der Waals surface area contributed by atoms with Gasteiger partial charge < -0.3 is 9.84 Å². The molecule has 4 nitrogen and oxygen atoms in total. The van der Waals surface area contributed by atoms with E-state index in [-0.39, 0.29) is 5.82 Å². The molecule has 2 rings (SSSR count). The zero-order chi connectivity index (χ0) is 12.1. The molecule has 0 unspecified atom stereocenters. The molecule has 1 aromatic heterocycles. The van der Waals surface area contributed by atoms with Gasteiger partial charge in [-0.15, -0.1) is 0 Å². The minimum absolute atomic E-state index is 0.243. The van der Waals surface area contributed by atoms with Gasteiger partial charge in [0.1, 0.15) is 5.82 Å². The van der Waals surface area contributed by atoms with E-state index < -0.39 is 0 Å². The molecule has 0 aliphatic carbocycles. The summed E-state index contributed by atoms with van der Waals surface area (Å²) in [5.74, 6) is 0.433. The van der Waals surface area contributed by atoms with Crippen LogP contribution < -0.4 is 5.32 Å². The van der Waals surface area contributed by atoms with Crippen molar-refractivity contribution < 1.29 is 8.91 Å². The molecule has 0 atom stereocenters. The average Bonchev–Trinajstić information content (AvgIpc) is 2.79. The highest BCUT2D eigenvalue weighted by molar-refractivity contribution is 9.10. The summed E-state index contributed by atoms with van der Waals surface area (Å²) in [4.78, 5) is 3.91. The molecule has 90 valence electrons. The predicted molar refractivity (Wildman–Crippen MR) is 63.8 cm³/mol. The van der Waals surface area contributed by atoms with E-state index in [2.05, 4.69) is 35.9 Å². The Morgan fingerprint density at radius 1 is 1.41 bits per heavy atom. The number of hydrogen-bond donors (Lipinski definition) is 1. The van der Waals surface area contributed by atoms with Gasteiger partial charge >= 0.3 is 0 Å². The van der Waals surface area contributed by atoms with Crippen LogP contribution in [0.5, 0.6) is 0 Å². The zero-order valence-electron chi connectivity index (χ0n) is 8.99. The number of benzene rings is 1. The van der Waals surface area contributed by atoms with Crippen LogP contribution in [-0.4, -0.2) is 16.7 Å². The minimum Gasteiger partial charge on any atom is -0.343 e. The van der Waals surface area contributed by atoms with E-state index >= 15 is 0 Å². The number of nitrogens with zero attached hydrogens (tertiary/aromatic N) is 2. The lowest BCUT2D eigenvalue weighted by Gasteiger charge is -2.05. The van der Waals surface area contributed by atoms with Crippen molar-refractivity contribution in [1.82, 2.24) is 15.5 Å². The van der Waals surface area contributed by atoms with Crippen LogP contribution in [0.1, 0.15) is 11.4 Å². The first kappa shape index (κ1) is 12.2. The van der Waals surface area contributed by atoms with Crippen LogP contribution in [-0.2, 0) is 13.0 Å². The molecule has 0 aliphatic rings. The number of rotatable bonds is 5. The fourth-order valence-electron chi connectivity index (χ4n) is 1.39. The molecule has 17 heavy (non-hydrogen) atoms. The Balaban J connectivity index is 1.78. The second-order valence-electron chi connectivity index (χ2n) is 3.51. The average molecular weight is 300 g/mol. The normalized spacial score (nSPS) is 10.7. The lowest BCUT2D eigenvalue weighted by molar-refractivity contribution is 0.409. The van der Waals surface area contributed by atoms with Crippen molar-refractivity contribution in [3.63, 3.8) is 0 Å².